The second-order valence-corrected chi connectivity index (χ2v) is 6.77. The molecule has 1 unspecified atom stereocenters. The van der Waals surface area contributed by atoms with Gasteiger partial charge in [-0.1, -0.05) is 27.2 Å². The Morgan fingerprint density at radius 1 is 1.35 bits per heavy atom. The number of hydrogen-bond acceptors (Lipinski definition) is 2. The van der Waals surface area contributed by atoms with Gasteiger partial charge in [0.25, 0.3) is 0 Å². The zero-order valence-electron chi connectivity index (χ0n) is 12.0. The van der Waals surface area contributed by atoms with E-state index in [1.165, 1.54) is 58.3 Å². The van der Waals surface area contributed by atoms with Gasteiger partial charge in [-0.05, 0) is 37.0 Å². The summed E-state index contributed by atoms with van der Waals surface area (Å²) in [7, 11) is 0. The average Bonchev–Trinajstić information content (AvgIpc) is 2.97. The van der Waals surface area contributed by atoms with Crippen LogP contribution < -0.4 is 5.32 Å². The van der Waals surface area contributed by atoms with E-state index in [4.69, 9.17) is 0 Å². The summed E-state index contributed by atoms with van der Waals surface area (Å²) >= 11 is 0. The zero-order chi connectivity index (χ0) is 12.3. The van der Waals surface area contributed by atoms with Crippen LogP contribution in [-0.4, -0.2) is 37.1 Å². The van der Waals surface area contributed by atoms with Gasteiger partial charge in [0.05, 0.1) is 0 Å². The van der Waals surface area contributed by atoms with Gasteiger partial charge in [-0.15, -0.1) is 0 Å². The van der Waals surface area contributed by atoms with Crippen molar-refractivity contribution < 1.29 is 0 Å². The first kappa shape index (κ1) is 13.4. The van der Waals surface area contributed by atoms with Crippen molar-refractivity contribution in [1.82, 2.24) is 10.2 Å². The molecule has 2 heteroatoms. The van der Waals surface area contributed by atoms with Crippen LogP contribution in [0.2, 0.25) is 0 Å². The molecule has 0 amide bonds. The first-order chi connectivity index (χ1) is 8.13. The summed E-state index contributed by atoms with van der Waals surface area (Å²) in [5, 5.41) is 3.68. The number of rotatable bonds is 6. The van der Waals surface area contributed by atoms with Crippen molar-refractivity contribution in [3.8, 4) is 0 Å². The fourth-order valence-corrected chi connectivity index (χ4v) is 3.43. The van der Waals surface area contributed by atoms with Crippen LogP contribution in [0.4, 0.5) is 0 Å². The average molecular weight is 238 g/mol. The predicted octanol–water partition coefficient (Wildman–Crippen LogP) is 2.89. The van der Waals surface area contributed by atoms with Crippen molar-refractivity contribution in [3.05, 3.63) is 0 Å². The van der Waals surface area contributed by atoms with Crippen LogP contribution in [-0.2, 0) is 0 Å². The molecule has 0 radical (unpaired) electrons. The molecular formula is C15H30N2. The molecule has 0 aromatic rings. The van der Waals surface area contributed by atoms with Gasteiger partial charge in [-0.25, -0.2) is 0 Å². The summed E-state index contributed by atoms with van der Waals surface area (Å²) in [6, 6.07) is 0.737. The SMILES string of the molecule is CCCC1(CN2CCNC(CC(C)C)C2)CC1. The number of nitrogens with one attached hydrogen (secondary N) is 1. The maximum atomic E-state index is 3.68. The standard InChI is InChI=1S/C15H30N2/c1-4-5-15(6-7-15)12-17-9-8-16-14(11-17)10-13(2)3/h13-14,16H,4-12H2,1-3H3. The molecule has 1 atom stereocenters. The summed E-state index contributed by atoms with van der Waals surface area (Å²) in [6.45, 7) is 12.1. The zero-order valence-corrected chi connectivity index (χ0v) is 12.0. The molecule has 1 saturated heterocycles. The highest BCUT2D eigenvalue weighted by molar-refractivity contribution is 4.96. The fourth-order valence-electron chi connectivity index (χ4n) is 3.43. The van der Waals surface area contributed by atoms with Crippen LogP contribution in [0.5, 0.6) is 0 Å². The Morgan fingerprint density at radius 3 is 2.71 bits per heavy atom. The van der Waals surface area contributed by atoms with E-state index < -0.39 is 0 Å². The van der Waals surface area contributed by atoms with Crippen LogP contribution >= 0.6 is 0 Å². The smallest absolute Gasteiger partial charge is 0.0198 e. The second kappa shape index (κ2) is 5.71. The van der Waals surface area contributed by atoms with Crippen LogP contribution in [0.25, 0.3) is 0 Å². The Hall–Kier alpha value is -0.0800. The lowest BCUT2D eigenvalue weighted by Crippen LogP contribution is -2.52. The Morgan fingerprint density at radius 2 is 2.12 bits per heavy atom. The lowest BCUT2D eigenvalue weighted by molar-refractivity contribution is 0.151. The molecule has 100 valence electrons. The molecule has 0 spiro atoms. The lowest BCUT2D eigenvalue weighted by Gasteiger charge is -2.36. The van der Waals surface area contributed by atoms with Crippen LogP contribution in [0.15, 0.2) is 0 Å². The van der Waals surface area contributed by atoms with E-state index in [2.05, 4.69) is 31.0 Å². The molecule has 1 aliphatic carbocycles. The minimum Gasteiger partial charge on any atom is -0.311 e. The minimum absolute atomic E-state index is 0.731. The monoisotopic (exact) mass is 238 g/mol. The summed E-state index contributed by atoms with van der Waals surface area (Å²) in [4.78, 5) is 2.73. The van der Waals surface area contributed by atoms with Gasteiger partial charge in [0.15, 0.2) is 0 Å². The van der Waals surface area contributed by atoms with Crippen LogP contribution in [0.1, 0.15) is 52.9 Å². The summed E-state index contributed by atoms with van der Waals surface area (Å²) < 4.78 is 0. The van der Waals surface area contributed by atoms with E-state index in [-0.39, 0.29) is 0 Å². The first-order valence-electron chi connectivity index (χ1n) is 7.59. The summed E-state index contributed by atoms with van der Waals surface area (Å²) in [5.41, 5.74) is 0.731. The fraction of sp³-hybridized carbons (Fsp3) is 1.00. The van der Waals surface area contributed by atoms with Gasteiger partial charge < -0.3 is 5.32 Å². The van der Waals surface area contributed by atoms with Gasteiger partial charge in [0.1, 0.15) is 0 Å². The molecule has 2 nitrogen and oxygen atoms in total. The molecule has 1 aliphatic heterocycles. The topological polar surface area (TPSA) is 15.3 Å². The van der Waals surface area contributed by atoms with Gasteiger partial charge in [-0.3, -0.25) is 4.90 Å². The normalized spacial score (nSPS) is 28.6. The Kier molecular flexibility index (Phi) is 4.48. The van der Waals surface area contributed by atoms with E-state index in [0.29, 0.717) is 0 Å². The number of hydrogen-bond donors (Lipinski definition) is 1. The molecule has 1 saturated carbocycles. The quantitative estimate of drug-likeness (QED) is 0.765. The third-order valence-electron chi connectivity index (χ3n) is 4.39. The van der Waals surface area contributed by atoms with Crippen LogP contribution in [0, 0.1) is 11.3 Å². The maximum Gasteiger partial charge on any atom is 0.0198 e. The van der Waals surface area contributed by atoms with Crippen molar-refractivity contribution in [2.45, 2.75) is 58.9 Å². The second-order valence-electron chi connectivity index (χ2n) is 6.77. The highest BCUT2D eigenvalue weighted by Gasteiger charge is 2.43. The van der Waals surface area contributed by atoms with E-state index in [9.17, 15) is 0 Å². The Labute approximate surface area is 107 Å². The summed E-state index contributed by atoms with van der Waals surface area (Å²) in [5.74, 6) is 0.818. The molecule has 2 aliphatic rings. The Bertz CT molecular complexity index is 233. The van der Waals surface area contributed by atoms with E-state index in [1.54, 1.807) is 0 Å². The lowest BCUT2D eigenvalue weighted by atomic mass is 9.97. The first-order valence-corrected chi connectivity index (χ1v) is 7.59. The predicted molar refractivity (Wildman–Crippen MR) is 74.3 cm³/mol. The third-order valence-corrected chi connectivity index (χ3v) is 4.39. The molecule has 1 heterocycles. The van der Waals surface area contributed by atoms with E-state index in [1.807, 2.05) is 0 Å². The van der Waals surface area contributed by atoms with Crippen molar-refractivity contribution >= 4 is 0 Å². The molecule has 1 N–H and O–H groups in total. The van der Waals surface area contributed by atoms with Gasteiger partial charge >= 0.3 is 0 Å². The van der Waals surface area contributed by atoms with Gasteiger partial charge in [0, 0.05) is 32.2 Å². The highest BCUT2D eigenvalue weighted by atomic mass is 15.2. The molecule has 0 aromatic heterocycles. The number of piperazine rings is 1. The van der Waals surface area contributed by atoms with Crippen molar-refractivity contribution in [2.75, 3.05) is 26.2 Å². The molecule has 0 bridgehead atoms. The minimum atomic E-state index is 0.731. The van der Waals surface area contributed by atoms with Gasteiger partial charge in [-0.2, -0.15) is 0 Å². The van der Waals surface area contributed by atoms with Crippen molar-refractivity contribution in [3.63, 3.8) is 0 Å². The maximum absolute atomic E-state index is 3.68. The molecule has 2 fully saturated rings. The van der Waals surface area contributed by atoms with E-state index >= 15 is 0 Å². The number of nitrogens with zero attached hydrogens (tertiary/aromatic N) is 1. The van der Waals surface area contributed by atoms with E-state index in [0.717, 1.165) is 17.4 Å². The summed E-state index contributed by atoms with van der Waals surface area (Å²) in [6.07, 6.45) is 7.11. The molecule has 2 rings (SSSR count). The largest absolute Gasteiger partial charge is 0.311 e. The molecule has 0 aromatic carbocycles. The highest BCUT2D eigenvalue weighted by Crippen LogP contribution is 2.50. The molecule has 17 heavy (non-hydrogen) atoms. The van der Waals surface area contributed by atoms with Crippen LogP contribution in [0.3, 0.4) is 0 Å². The Balaban J connectivity index is 1.77. The third kappa shape index (κ3) is 3.96. The van der Waals surface area contributed by atoms with Gasteiger partial charge in [0.2, 0.25) is 0 Å². The van der Waals surface area contributed by atoms with Crippen molar-refractivity contribution in [1.29, 1.82) is 0 Å². The van der Waals surface area contributed by atoms with Crippen molar-refractivity contribution in [2.24, 2.45) is 11.3 Å². The molecular weight excluding hydrogens is 208 g/mol.